The number of hydrogen-bond donors (Lipinski definition) is 1. The third-order valence-corrected chi connectivity index (χ3v) is 4.68. The Balaban J connectivity index is 1.57. The van der Waals surface area contributed by atoms with Gasteiger partial charge in [0.05, 0.1) is 12.7 Å². The maximum Gasteiger partial charge on any atom is 0.335 e. The lowest BCUT2D eigenvalue weighted by molar-refractivity contribution is 0.00777. The fraction of sp³-hybridized carbons (Fsp3) is 0.588. The zero-order chi connectivity index (χ0) is 15.5. The van der Waals surface area contributed by atoms with Gasteiger partial charge in [-0.15, -0.1) is 0 Å². The molecule has 1 N–H and O–H groups in total. The van der Waals surface area contributed by atoms with Crippen LogP contribution in [0.4, 0.5) is 0 Å². The number of aromatic carboxylic acids is 1. The molecule has 1 heterocycles. The van der Waals surface area contributed by atoms with Gasteiger partial charge in [-0.3, -0.25) is 0 Å². The predicted molar refractivity (Wildman–Crippen MR) is 82.8 cm³/mol. The molecular weight excluding hydrogens is 282 g/mol. The molecule has 0 spiro atoms. The first-order valence-electron chi connectivity index (χ1n) is 7.99. The zero-order valence-corrected chi connectivity index (χ0v) is 13.0. The lowest BCUT2D eigenvalue weighted by atomic mass is 9.86. The molecule has 120 valence electrons. The molecule has 2 fully saturated rings. The van der Waals surface area contributed by atoms with Crippen LogP contribution in [0.1, 0.15) is 42.5 Å². The second-order valence-electron chi connectivity index (χ2n) is 6.13. The van der Waals surface area contributed by atoms with Gasteiger partial charge < -0.3 is 19.5 Å². The Morgan fingerprint density at radius 3 is 2.55 bits per heavy atom. The Bertz CT molecular complexity index is 533. The Morgan fingerprint density at radius 2 is 1.91 bits per heavy atom. The van der Waals surface area contributed by atoms with Crippen LogP contribution in [0.15, 0.2) is 18.2 Å². The maximum absolute atomic E-state index is 11.0. The Morgan fingerprint density at radius 1 is 1.18 bits per heavy atom. The van der Waals surface area contributed by atoms with Gasteiger partial charge in [-0.25, -0.2) is 4.79 Å². The normalized spacial score (nSPS) is 25.3. The standard InChI is InChI=1S/C17H23NO4/c1-21-16-9-12(17(19)20)5-6-15(16)22-14-10-13(11-14)18-7-3-2-4-8-18/h5-6,9,13-14H,2-4,7-8,10-11H2,1H3,(H,19,20)/t13-,14-. The smallest absolute Gasteiger partial charge is 0.335 e. The largest absolute Gasteiger partial charge is 0.493 e. The Hall–Kier alpha value is -1.75. The molecule has 0 radical (unpaired) electrons. The number of carboxylic acids is 1. The number of carboxylic acid groups (broad SMARTS) is 1. The van der Waals surface area contributed by atoms with Crippen molar-refractivity contribution in [2.45, 2.75) is 44.2 Å². The topological polar surface area (TPSA) is 59.0 Å². The van der Waals surface area contributed by atoms with E-state index in [1.807, 2.05) is 0 Å². The van der Waals surface area contributed by atoms with E-state index in [1.54, 1.807) is 12.1 Å². The van der Waals surface area contributed by atoms with Crippen molar-refractivity contribution in [1.29, 1.82) is 0 Å². The van der Waals surface area contributed by atoms with E-state index in [0.29, 0.717) is 17.5 Å². The quantitative estimate of drug-likeness (QED) is 0.906. The highest BCUT2D eigenvalue weighted by Gasteiger charge is 2.35. The molecule has 5 heteroatoms. The average molecular weight is 305 g/mol. The van der Waals surface area contributed by atoms with Crippen molar-refractivity contribution in [1.82, 2.24) is 4.90 Å². The third kappa shape index (κ3) is 3.19. The number of ether oxygens (including phenoxy) is 2. The molecule has 3 rings (SSSR count). The first kappa shape index (κ1) is 15.2. The average Bonchev–Trinajstić information content (AvgIpc) is 2.51. The van der Waals surface area contributed by atoms with Gasteiger partial charge >= 0.3 is 5.97 Å². The summed E-state index contributed by atoms with van der Waals surface area (Å²) < 4.78 is 11.2. The molecular formula is C17H23NO4. The summed E-state index contributed by atoms with van der Waals surface area (Å²) in [5.41, 5.74) is 0.212. The Kier molecular flexibility index (Phi) is 4.52. The molecule has 22 heavy (non-hydrogen) atoms. The summed E-state index contributed by atoms with van der Waals surface area (Å²) in [5.74, 6) is 0.162. The molecule has 1 saturated carbocycles. The van der Waals surface area contributed by atoms with E-state index in [1.165, 1.54) is 45.5 Å². The first-order valence-corrected chi connectivity index (χ1v) is 7.99. The third-order valence-electron chi connectivity index (χ3n) is 4.68. The van der Waals surface area contributed by atoms with E-state index in [4.69, 9.17) is 14.6 Å². The summed E-state index contributed by atoms with van der Waals surface area (Å²) in [6.07, 6.45) is 6.28. The number of hydrogen-bond acceptors (Lipinski definition) is 4. The molecule has 1 saturated heterocycles. The lowest BCUT2D eigenvalue weighted by Crippen LogP contribution is -2.50. The monoisotopic (exact) mass is 305 g/mol. The molecule has 0 unspecified atom stereocenters. The van der Waals surface area contributed by atoms with Gasteiger partial charge in [0.1, 0.15) is 6.10 Å². The van der Waals surface area contributed by atoms with Crippen molar-refractivity contribution in [3.63, 3.8) is 0 Å². The molecule has 1 aromatic rings. The molecule has 0 bridgehead atoms. The van der Waals surface area contributed by atoms with E-state index in [0.717, 1.165) is 12.8 Å². The van der Waals surface area contributed by atoms with Crippen LogP contribution in [0.5, 0.6) is 11.5 Å². The zero-order valence-electron chi connectivity index (χ0n) is 13.0. The van der Waals surface area contributed by atoms with Gasteiger partial charge in [0.2, 0.25) is 0 Å². The van der Waals surface area contributed by atoms with E-state index in [-0.39, 0.29) is 11.7 Å². The van der Waals surface area contributed by atoms with Crippen molar-refractivity contribution in [2.75, 3.05) is 20.2 Å². The molecule has 1 aliphatic heterocycles. The summed E-state index contributed by atoms with van der Waals surface area (Å²) in [7, 11) is 1.53. The van der Waals surface area contributed by atoms with E-state index < -0.39 is 5.97 Å². The summed E-state index contributed by atoms with van der Waals surface area (Å²) in [5, 5.41) is 9.01. The highest BCUT2D eigenvalue weighted by molar-refractivity contribution is 5.88. The Labute approximate surface area is 130 Å². The maximum atomic E-state index is 11.0. The van der Waals surface area contributed by atoms with Crippen LogP contribution in [-0.4, -0.2) is 48.3 Å². The van der Waals surface area contributed by atoms with Crippen LogP contribution >= 0.6 is 0 Å². The van der Waals surface area contributed by atoms with Gasteiger partial charge in [0.15, 0.2) is 11.5 Å². The van der Waals surface area contributed by atoms with Crippen molar-refractivity contribution >= 4 is 5.97 Å². The minimum absolute atomic E-state index is 0.205. The van der Waals surface area contributed by atoms with Crippen molar-refractivity contribution in [3.8, 4) is 11.5 Å². The van der Waals surface area contributed by atoms with Crippen LogP contribution in [0, 0.1) is 0 Å². The number of rotatable bonds is 5. The van der Waals surface area contributed by atoms with Crippen LogP contribution in [0.25, 0.3) is 0 Å². The molecule has 0 amide bonds. The first-order chi connectivity index (χ1) is 10.7. The molecule has 5 nitrogen and oxygen atoms in total. The highest BCUT2D eigenvalue weighted by atomic mass is 16.5. The van der Waals surface area contributed by atoms with Crippen molar-refractivity contribution < 1.29 is 19.4 Å². The number of methoxy groups -OCH3 is 1. The van der Waals surface area contributed by atoms with Gasteiger partial charge in [-0.1, -0.05) is 6.42 Å². The van der Waals surface area contributed by atoms with E-state index >= 15 is 0 Å². The van der Waals surface area contributed by atoms with E-state index in [9.17, 15) is 4.79 Å². The highest BCUT2D eigenvalue weighted by Crippen LogP contribution is 2.35. The summed E-state index contributed by atoms with van der Waals surface area (Å²) in [4.78, 5) is 13.6. The van der Waals surface area contributed by atoms with Crippen molar-refractivity contribution in [3.05, 3.63) is 23.8 Å². The van der Waals surface area contributed by atoms with E-state index in [2.05, 4.69) is 4.90 Å². The van der Waals surface area contributed by atoms with Crippen LogP contribution in [0.2, 0.25) is 0 Å². The SMILES string of the molecule is COc1cc(C(=O)O)ccc1O[C@H]1C[C@H](N2CCCCC2)C1. The number of benzene rings is 1. The molecule has 2 aliphatic rings. The second-order valence-corrected chi connectivity index (χ2v) is 6.13. The fourth-order valence-electron chi connectivity index (χ4n) is 3.29. The molecule has 0 aromatic heterocycles. The van der Waals surface area contributed by atoms with Crippen LogP contribution in [-0.2, 0) is 0 Å². The van der Waals surface area contributed by atoms with Gasteiger partial charge in [-0.05, 0) is 44.1 Å². The summed E-state index contributed by atoms with van der Waals surface area (Å²) in [6.45, 7) is 2.43. The second kappa shape index (κ2) is 6.57. The number of likely N-dealkylation sites (tertiary alicyclic amines) is 1. The number of nitrogens with zero attached hydrogens (tertiary/aromatic N) is 1. The minimum Gasteiger partial charge on any atom is -0.493 e. The summed E-state index contributed by atoms with van der Waals surface area (Å²) >= 11 is 0. The van der Waals surface area contributed by atoms with Gasteiger partial charge in [0.25, 0.3) is 0 Å². The van der Waals surface area contributed by atoms with Crippen LogP contribution < -0.4 is 9.47 Å². The predicted octanol–water partition coefficient (Wildman–Crippen LogP) is 2.79. The molecule has 1 aliphatic carbocycles. The molecule has 1 aromatic carbocycles. The lowest BCUT2D eigenvalue weighted by Gasteiger charge is -2.44. The fourth-order valence-corrected chi connectivity index (χ4v) is 3.29. The van der Waals surface area contributed by atoms with Gasteiger partial charge in [-0.2, -0.15) is 0 Å². The van der Waals surface area contributed by atoms with Crippen molar-refractivity contribution in [2.24, 2.45) is 0 Å². The number of piperidine rings is 1. The minimum atomic E-state index is -0.960. The molecule has 0 atom stereocenters. The van der Waals surface area contributed by atoms with Gasteiger partial charge in [0, 0.05) is 18.9 Å². The number of carbonyl (C=O) groups is 1. The van der Waals surface area contributed by atoms with Crippen LogP contribution in [0.3, 0.4) is 0 Å². The summed E-state index contributed by atoms with van der Waals surface area (Å²) in [6, 6.07) is 5.41.